The Balaban J connectivity index is 2.05. The van der Waals surface area contributed by atoms with Crippen molar-refractivity contribution in [1.29, 1.82) is 5.26 Å². The first-order chi connectivity index (χ1) is 12.5. The number of halogens is 1. The van der Waals surface area contributed by atoms with Crippen molar-refractivity contribution in [1.82, 2.24) is 0 Å². The van der Waals surface area contributed by atoms with E-state index in [2.05, 4.69) is 6.07 Å². The summed E-state index contributed by atoms with van der Waals surface area (Å²) < 4.78 is 5.13. The molecule has 2 aromatic rings. The molecular formula is C21H18ClNO3. The topological polar surface area (TPSA) is 67.2 Å². The second-order valence-electron chi connectivity index (χ2n) is 6.44. The molecule has 0 radical (unpaired) electrons. The lowest BCUT2D eigenvalue weighted by Gasteiger charge is -2.08. The summed E-state index contributed by atoms with van der Waals surface area (Å²) in [6.07, 6.45) is 0. The lowest BCUT2D eigenvalue weighted by atomic mass is 9.98. The van der Waals surface area contributed by atoms with E-state index in [1.807, 2.05) is 19.1 Å². The normalized spacial score (nSPS) is 23.8. The number of esters is 1. The third kappa shape index (κ3) is 2.89. The van der Waals surface area contributed by atoms with E-state index in [9.17, 15) is 14.9 Å². The van der Waals surface area contributed by atoms with Crippen LogP contribution in [0.5, 0.6) is 0 Å². The fourth-order valence-corrected chi connectivity index (χ4v) is 3.69. The number of rotatable bonds is 5. The van der Waals surface area contributed by atoms with Crippen LogP contribution in [-0.2, 0) is 9.53 Å². The Morgan fingerprint density at radius 2 is 1.92 bits per heavy atom. The molecular weight excluding hydrogens is 350 g/mol. The predicted octanol–water partition coefficient (Wildman–Crippen LogP) is 4.32. The van der Waals surface area contributed by atoms with E-state index in [0.717, 1.165) is 5.56 Å². The monoisotopic (exact) mass is 367 g/mol. The standard InChI is InChI=1S/C21H18ClNO3/c1-3-26-20(25)21(12-23)17(15-5-4-6-16(22)11-15)18(21)19(24)14-9-7-13(2)8-10-14/h4-11,17-18H,3H2,1-2H3. The van der Waals surface area contributed by atoms with Crippen molar-refractivity contribution in [2.45, 2.75) is 19.8 Å². The minimum Gasteiger partial charge on any atom is -0.465 e. The van der Waals surface area contributed by atoms with Crippen molar-refractivity contribution in [3.05, 3.63) is 70.2 Å². The molecule has 26 heavy (non-hydrogen) atoms. The van der Waals surface area contributed by atoms with Crippen LogP contribution in [0.2, 0.25) is 5.02 Å². The molecule has 5 heteroatoms. The SMILES string of the molecule is CCOC(=O)C1(C#N)C(C(=O)c2ccc(C)cc2)C1c1cccc(Cl)c1. The van der Waals surface area contributed by atoms with Crippen LogP contribution < -0.4 is 0 Å². The Kier molecular flexibility index (Phi) is 4.84. The molecule has 0 amide bonds. The highest BCUT2D eigenvalue weighted by molar-refractivity contribution is 6.30. The van der Waals surface area contributed by atoms with Crippen molar-refractivity contribution in [3.63, 3.8) is 0 Å². The summed E-state index contributed by atoms with van der Waals surface area (Å²) in [7, 11) is 0. The number of carbonyl (C=O) groups excluding carboxylic acids is 2. The van der Waals surface area contributed by atoms with Gasteiger partial charge >= 0.3 is 5.97 Å². The number of ketones is 1. The van der Waals surface area contributed by atoms with Gasteiger partial charge in [-0.15, -0.1) is 0 Å². The second kappa shape index (κ2) is 6.93. The maximum absolute atomic E-state index is 13.1. The van der Waals surface area contributed by atoms with Crippen LogP contribution in [0.4, 0.5) is 0 Å². The van der Waals surface area contributed by atoms with E-state index >= 15 is 0 Å². The number of carbonyl (C=O) groups is 2. The first kappa shape index (κ1) is 18.2. The van der Waals surface area contributed by atoms with E-state index in [1.54, 1.807) is 43.3 Å². The maximum Gasteiger partial charge on any atom is 0.327 e. The summed E-state index contributed by atoms with van der Waals surface area (Å²) in [4.78, 5) is 25.7. The molecule has 0 bridgehead atoms. The number of ether oxygens (including phenoxy) is 1. The minimum absolute atomic E-state index is 0.149. The fraction of sp³-hybridized carbons (Fsp3) is 0.286. The molecule has 0 heterocycles. The van der Waals surface area contributed by atoms with Crippen LogP contribution in [0, 0.1) is 29.6 Å². The van der Waals surface area contributed by atoms with Gasteiger partial charge in [-0.2, -0.15) is 5.26 Å². The van der Waals surface area contributed by atoms with Crippen LogP contribution in [0.15, 0.2) is 48.5 Å². The molecule has 4 nitrogen and oxygen atoms in total. The van der Waals surface area contributed by atoms with Gasteiger partial charge in [-0.1, -0.05) is 53.6 Å². The molecule has 1 aliphatic carbocycles. The summed E-state index contributed by atoms with van der Waals surface area (Å²) in [5.74, 6) is -2.24. The number of hydrogen-bond acceptors (Lipinski definition) is 4. The molecule has 1 aliphatic rings. The Labute approximate surface area is 157 Å². The van der Waals surface area contributed by atoms with Crippen LogP contribution >= 0.6 is 11.6 Å². The number of hydrogen-bond donors (Lipinski definition) is 0. The quantitative estimate of drug-likeness (QED) is 0.583. The summed E-state index contributed by atoms with van der Waals surface area (Å²) >= 11 is 6.07. The maximum atomic E-state index is 13.1. The van der Waals surface area contributed by atoms with Gasteiger partial charge in [0.05, 0.1) is 18.6 Å². The fourth-order valence-electron chi connectivity index (χ4n) is 3.49. The first-order valence-electron chi connectivity index (χ1n) is 8.40. The van der Waals surface area contributed by atoms with Gasteiger partial charge in [0, 0.05) is 16.5 Å². The van der Waals surface area contributed by atoms with Crippen LogP contribution in [-0.4, -0.2) is 18.4 Å². The number of benzene rings is 2. The highest BCUT2D eigenvalue weighted by Crippen LogP contribution is 2.66. The van der Waals surface area contributed by atoms with E-state index in [-0.39, 0.29) is 12.4 Å². The Bertz CT molecular complexity index is 900. The minimum atomic E-state index is -1.51. The van der Waals surface area contributed by atoms with Gasteiger partial charge in [-0.3, -0.25) is 9.59 Å². The Morgan fingerprint density at radius 3 is 2.50 bits per heavy atom. The first-order valence-corrected chi connectivity index (χ1v) is 8.78. The number of aryl methyl sites for hydroxylation is 1. The molecule has 1 saturated carbocycles. The molecule has 3 atom stereocenters. The molecule has 132 valence electrons. The van der Waals surface area contributed by atoms with E-state index < -0.39 is 23.2 Å². The van der Waals surface area contributed by atoms with Gasteiger partial charge < -0.3 is 4.74 Å². The number of nitrogens with zero attached hydrogens (tertiary/aromatic N) is 1. The summed E-state index contributed by atoms with van der Waals surface area (Å²) in [5, 5.41) is 10.3. The molecule has 0 aromatic heterocycles. The molecule has 0 aliphatic heterocycles. The van der Waals surface area contributed by atoms with Crippen LogP contribution in [0.1, 0.15) is 34.3 Å². The molecule has 1 fully saturated rings. The zero-order valence-electron chi connectivity index (χ0n) is 14.5. The largest absolute Gasteiger partial charge is 0.465 e. The number of nitriles is 1. The average molecular weight is 368 g/mol. The lowest BCUT2D eigenvalue weighted by molar-refractivity contribution is -0.147. The summed E-state index contributed by atoms with van der Waals surface area (Å²) in [6.45, 7) is 3.75. The molecule has 0 saturated heterocycles. The average Bonchev–Trinajstić information content (AvgIpc) is 3.32. The van der Waals surface area contributed by atoms with Gasteiger partial charge in [0.2, 0.25) is 0 Å². The van der Waals surface area contributed by atoms with Gasteiger partial charge in [-0.05, 0) is 31.5 Å². The van der Waals surface area contributed by atoms with E-state index in [4.69, 9.17) is 16.3 Å². The predicted molar refractivity (Wildman–Crippen MR) is 97.9 cm³/mol. The van der Waals surface area contributed by atoms with Crippen molar-refractivity contribution in [3.8, 4) is 6.07 Å². The molecule has 3 unspecified atom stereocenters. The van der Waals surface area contributed by atoms with Crippen molar-refractivity contribution in [2.24, 2.45) is 11.3 Å². The third-order valence-corrected chi connectivity index (χ3v) is 5.06. The zero-order chi connectivity index (χ0) is 18.9. The Hall–Kier alpha value is -2.64. The third-order valence-electron chi connectivity index (χ3n) is 4.83. The second-order valence-corrected chi connectivity index (χ2v) is 6.88. The van der Waals surface area contributed by atoms with Crippen molar-refractivity contribution >= 4 is 23.4 Å². The smallest absolute Gasteiger partial charge is 0.327 e. The lowest BCUT2D eigenvalue weighted by Crippen LogP contribution is -2.23. The van der Waals surface area contributed by atoms with Crippen LogP contribution in [0.3, 0.4) is 0 Å². The molecule has 0 N–H and O–H groups in total. The Morgan fingerprint density at radius 1 is 1.23 bits per heavy atom. The summed E-state index contributed by atoms with van der Waals surface area (Å²) in [5.41, 5.74) is 0.690. The van der Waals surface area contributed by atoms with Gasteiger partial charge in [0.25, 0.3) is 0 Å². The van der Waals surface area contributed by atoms with Crippen molar-refractivity contribution < 1.29 is 14.3 Å². The molecule has 3 rings (SSSR count). The number of Topliss-reactive ketones (excluding diaryl/α,β-unsaturated/α-hetero) is 1. The van der Waals surface area contributed by atoms with Crippen LogP contribution in [0.25, 0.3) is 0 Å². The van der Waals surface area contributed by atoms with Crippen molar-refractivity contribution in [2.75, 3.05) is 6.61 Å². The van der Waals surface area contributed by atoms with Gasteiger partial charge in [0.15, 0.2) is 11.2 Å². The van der Waals surface area contributed by atoms with E-state index in [1.165, 1.54) is 0 Å². The van der Waals surface area contributed by atoms with E-state index in [0.29, 0.717) is 16.1 Å². The zero-order valence-corrected chi connectivity index (χ0v) is 15.3. The highest BCUT2D eigenvalue weighted by atomic mass is 35.5. The summed E-state index contributed by atoms with van der Waals surface area (Å²) in [6, 6.07) is 16.1. The molecule has 0 spiro atoms. The highest BCUT2D eigenvalue weighted by Gasteiger charge is 2.75. The van der Waals surface area contributed by atoms with Gasteiger partial charge in [-0.25, -0.2) is 0 Å². The molecule has 2 aromatic carbocycles. The van der Waals surface area contributed by atoms with Gasteiger partial charge in [0.1, 0.15) is 0 Å².